The number of hydrogen-bond acceptors (Lipinski definition) is 0. The van der Waals surface area contributed by atoms with Crippen LogP contribution >= 0.6 is 0 Å². The molecule has 0 saturated heterocycles. The fourth-order valence-corrected chi connectivity index (χ4v) is 4.20. The van der Waals surface area contributed by atoms with Crippen molar-refractivity contribution in [3.05, 3.63) is 72.1 Å². The Morgan fingerprint density at radius 2 is 1.28 bits per heavy atom. The third kappa shape index (κ3) is 2.66. The van der Waals surface area contributed by atoms with E-state index in [1.807, 2.05) is 0 Å². The topological polar surface area (TPSA) is 31.6 Å². The van der Waals surface area contributed by atoms with Gasteiger partial charge in [0.25, 0.3) is 0 Å². The number of rotatable bonds is 6. The molecule has 4 rings (SSSR count). The van der Waals surface area contributed by atoms with E-state index in [9.17, 15) is 0 Å². The van der Waals surface area contributed by atoms with Gasteiger partial charge in [0.05, 0.1) is 0 Å². The first-order valence-corrected chi connectivity index (χ1v) is 9.37. The maximum atomic E-state index is 3.48. The van der Waals surface area contributed by atoms with Gasteiger partial charge in [-0.25, -0.2) is 0 Å². The van der Waals surface area contributed by atoms with Crippen LogP contribution in [0.4, 0.5) is 0 Å². The first kappa shape index (κ1) is 16.0. The summed E-state index contributed by atoms with van der Waals surface area (Å²) in [6.45, 7) is 4.68. The number of fused-ring (bicyclic) bond motifs is 2. The van der Waals surface area contributed by atoms with Gasteiger partial charge in [-0.3, -0.25) is 0 Å². The largest absolute Gasteiger partial charge is 0.361 e. The van der Waals surface area contributed by atoms with Crippen LogP contribution < -0.4 is 0 Å². The number of hydrogen-bond donors (Lipinski definition) is 2. The van der Waals surface area contributed by atoms with E-state index in [1.165, 1.54) is 52.2 Å². The summed E-state index contributed by atoms with van der Waals surface area (Å²) >= 11 is 0. The Labute approximate surface area is 149 Å². The normalized spacial score (nSPS) is 12.2. The zero-order valence-corrected chi connectivity index (χ0v) is 15.1. The molecule has 0 unspecified atom stereocenters. The number of H-pyrrole nitrogens is 2. The second-order valence-corrected chi connectivity index (χ2v) is 7.29. The molecule has 0 spiro atoms. The minimum Gasteiger partial charge on any atom is -0.361 e. The van der Waals surface area contributed by atoms with Crippen LogP contribution in [0.15, 0.2) is 60.9 Å². The quantitative estimate of drug-likeness (QED) is 0.376. The van der Waals surface area contributed by atoms with Crippen LogP contribution in [0.25, 0.3) is 21.8 Å². The smallest absolute Gasteiger partial charge is 0.0457 e. The van der Waals surface area contributed by atoms with Gasteiger partial charge in [-0.2, -0.15) is 0 Å². The summed E-state index contributed by atoms with van der Waals surface area (Å²) in [7, 11) is 0. The standard InChI is InChI=1S/C23H26N2/c1-3-4-9-14-23(2,19-15-24-21-12-7-5-10-17(19)21)20-16-25-22-13-8-6-11-18(20)22/h5-8,10-13,15-16,24-25H,3-4,9,14H2,1-2H3. The molecular weight excluding hydrogens is 304 g/mol. The molecule has 2 aromatic heterocycles. The van der Waals surface area contributed by atoms with Gasteiger partial charge in [-0.15, -0.1) is 0 Å². The Morgan fingerprint density at radius 1 is 0.760 bits per heavy atom. The highest BCUT2D eigenvalue weighted by Crippen LogP contribution is 2.43. The first-order valence-electron chi connectivity index (χ1n) is 9.37. The summed E-state index contributed by atoms with van der Waals surface area (Å²) in [6.07, 6.45) is 9.37. The van der Waals surface area contributed by atoms with Gasteiger partial charge in [-0.1, -0.05) is 69.5 Å². The molecule has 2 heteroatoms. The summed E-state index contributed by atoms with van der Waals surface area (Å²) in [5.41, 5.74) is 5.25. The van der Waals surface area contributed by atoms with E-state index < -0.39 is 0 Å². The van der Waals surface area contributed by atoms with Crippen LogP contribution in [0.3, 0.4) is 0 Å². The zero-order chi connectivity index (χ0) is 17.3. The van der Waals surface area contributed by atoms with Crippen molar-refractivity contribution in [2.24, 2.45) is 0 Å². The zero-order valence-electron chi connectivity index (χ0n) is 15.1. The molecule has 0 aliphatic carbocycles. The summed E-state index contributed by atoms with van der Waals surface area (Å²) in [6, 6.07) is 17.3. The highest BCUT2D eigenvalue weighted by molar-refractivity contribution is 5.89. The molecule has 0 bridgehead atoms. The fraction of sp³-hybridized carbons (Fsp3) is 0.304. The lowest BCUT2D eigenvalue weighted by molar-refractivity contribution is 0.489. The lowest BCUT2D eigenvalue weighted by Gasteiger charge is -2.30. The molecule has 0 saturated carbocycles. The van der Waals surface area contributed by atoms with Crippen LogP contribution in [-0.4, -0.2) is 9.97 Å². The van der Waals surface area contributed by atoms with Gasteiger partial charge in [-0.05, 0) is 29.7 Å². The van der Waals surface area contributed by atoms with Gasteiger partial charge in [0, 0.05) is 39.6 Å². The van der Waals surface area contributed by atoms with Gasteiger partial charge in [0.15, 0.2) is 0 Å². The summed E-state index contributed by atoms with van der Waals surface area (Å²) in [4.78, 5) is 6.97. The molecule has 25 heavy (non-hydrogen) atoms. The molecule has 0 fully saturated rings. The molecule has 2 heterocycles. The van der Waals surface area contributed by atoms with E-state index in [0.29, 0.717) is 0 Å². The molecule has 0 atom stereocenters. The first-order chi connectivity index (χ1) is 12.2. The van der Waals surface area contributed by atoms with Crippen molar-refractivity contribution in [3.63, 3.8) is 0 Å². The Morgan fingerprint density at radius 3 is 1.80 bits per heavy atom. The van der Waals surface area contributed by atoms with Crippen LogP contribution in [0.2, 0.25) is 0 Å². The molecule has 2 N–H and O–H groups in total. The average Bonchev–Trinajstić information content (AvgIpc) is 3.26. The molecule has 0 radical (unpaired) electrons. The second-order valence-electron chi connectivity index (χ2n) is 7.29. The third-order valence-electron chi connectivity index (χ3n) is 5.65. The predicted octanol–water partition coefficient (Wildman–Crippen LogP) is 6.54. The molecule has 0 amide bonds. The lowest BCUT2D eigenvalue weighted by atomic mass is 9.72. The maximum Gasteiger partial charge on any atom is 0.0457 e. The molecule has 0 aliphatic rings. The molecule has 2 aromatic carbocycles. The summed E-state index contributed by atoms with van der Waals surface area (Å²) < 4.78 is 0. The Kier molecular flexibility index (Phi) is 4.12. The number of benzene rings is 2. The van der Waals surface area contributed by atoms with Crippen LogP contribution in [0.5, 0.6) is 0 Å². The van der Waals surface area contributed by atoms with Crippen molar-refractivity contribution in [1.29, 1.82) is 0 Å². The van der Waals surface area contributed by atoms with Gasteiger partial charge in [0.1, 0.15) is 0 Å². The number of unbranched alkanes of at least 4 members (excludes halogenated alkanes) is 2. The predicted molar refractivity (Wildman–Crippen MR) is 107 cm³/mol. The molecule has 4 aromatic rings. The van der Waals surface area contributed by atoms with Crippen LogP contribution in [-0.2, 0) is 5.41 Å². The van der Waals surface area contributed by atoms with Crippen LogP contribution in [0, 0.1) is 0 Å². The Hall–Kier alpha value is -2.48. The molecule has 0 aliphatic heterocycles. The maximum absolute atomic E-state index is 3.48. The van der Waals surface area contributed by atoms with Crippen molar-refractivity contribution >= 4 is 21.8 Å². The van der Waals surface area contributed by atoms with E-state index >= 15 is 0 Å². The van der Waals surface area contributed by atoms with E-state index in [1.54, 1.807) is 0 Å². The van der Waals surface area contributed by atoms with E-state index in [0.717, 1.165) is 6.42 Å². The summed E-state index contributed by atoms with van der Waals surface area (Å²) in [5.74, 6) is 0. The fourth-order valence-electron chi connectivity index (χ4n) is 4.20. The SMILES string of the molecule is CCCCCC(C)(c1c[nH]c2ccccc12)c1c[nH]c2ccccc12. The second kappa shape index (κ2) is 6.44. The number of para-hydroxylation sites is 2. The number of aromatic amines is 2. The molecule has 128 valence electrons. The summed E-state index contributed by atoms with van der Waals surface area (Å²) in [5, 5.41) is 2.68. The van der Waals surface area contributed by atoms with Crippen molar-refractivity contribution in [2.75, 3.05) is 0 Å². The van der Waals surface area contributed by atoms with Crippen molar-refractivity contribution in [2.45, 2.75) is 44.9 Å². The van der Waals surface area contributed by atoms with Gasteiger partial charge >= 0.3 is 0 Å². The molecule has 2 nitrogen and oxygen atoms in total. The van der Waals surface area contributed by atoms with Gasteiger partial charge in [0.2, 0.25) is 0 Å². The monoisotopic (exact) mass is 330 g/mol. The van der Waals surface area contributed by atoms with Crippen molar-refractivity contribution in [1.82, 2.24) is 9.97 Å². The number of nitrogens with one attached hydrogen (secondary N) is 2. The van der Waals surface area contributed by atoms with Crippen LogP contribution in [0.1, 0.15) is 50.7 Å². The highest BCUT2D eigenvalue weighted by Gasteiger charge is 2.33. The highest BCUT2D eigenvalue weighted by atomic mass is 14.7. The average molecular weight is 330 g/mol. The minimum absolute atomic E-state index is 0.00558. The van der Waals surface area contributed by atoms with E-state index in [-0.39, 0.29) is 5.41 Å². The Bertz CT molecular complexity index is 915. The van der Waals surface area contributed by atoms with Crippen molar-refractivity contribution < 1.29 is 0 Å². The molecular formula is C23H26N2. The lowest BCUT2D eigenvalue weighted by Crippen LogP contribution is -2.23. The third-order valence-corrected chi connectivity index (χ3v) is 5.65. The number of aromatic nitrogens is 2. The van der Waals surface area contributed by atoms with Gasteiger partial charge < -0.3 is 9.97 Å². The Balaban J connectivity index is 1.90. The minimum atomic E-state index is -0.00558. The van der Waals surface area contributed by atoms with E-state index in [4.69, 9.17) is 0 Å². The van der Waals surface area contributed by atoms with E-state index in [2.05, 4.69) is 84.7 Å². The van der Waals surface area contributed by atoms with Crippen molar-refractivity contribution in [3.8, 4) is 0 Å².